The SMILES string of the molecule is CCOc1cc(CCc2ccc(C(F)(F)F)cc2)c(C#N)cc1C(=O)O. The lowest BCUT2D eigenvalue weighted by Gasteiger charge is -2.12. The molecule has 0 saturated carbocycles. The van der Waals surface area contributed by atoms with E-state index in [4.69, 9.17) is 4.74 Å². The van der Waals surface area contributed by atoms with Crippen LogP contribution in [0.3, 0.4) is 0 Å². The first-order chi connectivity index (χ1) is 12.3. The number of aromatic carboxylic acids is 1. The molecule has 7 heteroatoms. The number of benzene rings is 2. The standard InChI is InChI=1S/C19H16F3NO3/c1-2-26-17-10-13(14(11-23)9-16(17)18(24)25)6-3-12-4-7-15(8-5-12)19(20,21)22/h4-5,7-10H,2-3,6H2,1H3,(H,24,25). The van der Waals surface area contributed by atoms with E-state index >= 15 is 0 Å². The Morgan fingerprint density at radius 3 is 2.35 bits per heavy atom. The lowest BCUT2D eigenvalue weighted by atomic mass is 9.97. The van der Waals surface area contributed by atoms with Gasteiger partial charge in [0.05, 0.1) is 23.8 Å². The van der Waals surface area contributed by atoms with Crippen LogP contribution in [0.1, 0.15) is 39.5 Å². The molecule has 2 aromatic rings. The lowest BCUT2D eigenvalue weighted by molar-refractivity contribution is -0.137. The normalized spacial score (nSPS) is 11.0. The summed E-state index contributed by atoms with van der Waals surface area (Å²) in [4.78, 5) is 11.3. The highest BCUT2D eigenvalue weighted by Crippen LogP contribution is 2.29. The molecule has 0 aromatic heterocycles. The molecule has 4 nitrogen and oxygen atoms in total. The van der Waals surface area contributed by atoms with Crippen molar-refractivity contribution in [2.45, 2.75) is 25.9 Å². The van der Waals surface area contributed by atoms with Crippen LogP contribution >= 0.6 is 0 Å². The molecular formula is C19H16F3NO3. The van der Waals surface area contributed by atoms with E-state index in [-0.39, 0.29) is 23.5 Å². The third kappa shape index (κ3) is 4.54. The van der Waals surface area contributed by atoms with Crippen LogP contribution in [0.2, 0.25) is 0 Å². The van der Waals surface area contributed by atoms with Gasteiger partial charge in [-0.05, 0) is 55.2 Å². The number of nitrogens with zero attached hydrogens (tertiary/aromatic N) is 1. The van der Waals surface area contributed by atoms with E-state index in [0.717, 1.165) is 12.1 Å². The molecule has 0 aliphatic carbocycles. The van der Waals surface area contributed by atoms with Gasteiger partial charge >= 0.3 is 12.1 Å². The van der Waals surface area contributed by atoms with Crippen molar-refractivity contribution in [1.82, 2.24) is 0 Å². The van der Waals surface area contributed by atoms with E-state index in [0.29, 0.717) is 24.0 Å². The van der Waals surface area contributed by atoms with Gasteiger partial charge < -0.3 is 9.84 Å². The fraction of sp³-hybridized carbons (Fsp3) is 0.263. The first-order valence-corrected chi connectivity index (χ1v) is 7.85. The highest BCUT2D eigenvalue weighted by atomic mass is 19.4. The third-order valence-electron chi connectivity index (χ3n) is 3.82. The quantitative estimate of drug-likeness (QED) is 0.823. The minimum atomic E-state index is -4.38. The van der Waals surface area contributed by atoms with Crippen LogP contribution in [0.15, 0.2) is 36.4 Å². The van der Waals surface area contributed by atoms with Gasteiger partial charge in [-0.3, -0.25) is 0 Å². The number of aryl methyl sites for hydroxylation is 2. The van der Waals surface area contributed by atoms with Crippen molar-refractivity contribution in [3.05, 3.63) is 64.2 Å². The van der Waals surface area contributed by atoms with Crippen LogP contribution in [0.4, 0.5) is 13.2 Å². The van der Waals surface area contributed by atoms with E-state index in [9.17, 15) is 28.3 Å². The van der Waals surface area contributed by atoms with Crippen molar-refractivity contribution in [2.24, 2.45) is 0 Å². The highest BCUT2D eigenvalue weighted by molar-refractivity contribution is 5.91. The van der Waals surface area contributed by atoms with Crippen molar-refractivity contribution in [2.75, 3.05) is 6.61 Å². The number of halogens is 3. The van der Waals surface area contributed by atoms with Crippen molar-refractivity contribution in [1.29, 1.82) is 5.26 Å². The van der Waals surface area contributed by atoms with Gasteiger partial charge in [0.2, 0.25) is 0 Å². The Labute approximate surface area is 148 Å². The number of alkyl halides is 3. The first kappa shape index (κ1) is 19.3. The van der Waals surface area contributed by atoms with Crippen LogP contribution < -0.4 is 4.74 Å². The molecule has 0 aliphatic heterocycles. The van der Waals surface area contributed by atoms with Gasteiger partial charge in [0, 0.05) is 0 Å². The number of hydrogen-bond acceptors (Lipinski definition) is 3. The fourth-order valence-electron chi connectivity index (χ4n) is 2.51. The second kappa shape index (κ2) is 7.91. The summed E-state index contributed by atoms with van der Waals surface area (Å²) in [5.41, 5.74) is 0.658. The van der Waals surface area contributed by atoms with Crippen LogP contribution in [0.5, 0.6) is 5.75 Å². The Hall–Kier alpha value is -3.01. The minimum absolute atomic E-state index is 0.0957. The number of rotatable bonds is 6. The minimum Gasteiger partial charge on any atom is -0.493 e. The maximum atomic E-state index is 12.6. The van der Waals surface area contributed by atoms with E-state index in [1.807, 2.05) is 6.07 Å². The number of carboxylic acids is 1. The average Bonchev–Trinajstić information content (AvgIpc) is 2.59. The van der Waals surface area contributed by atoms with Gasteiger partial charge in [-0.2, -0.15) is 18.4 Å². The lowest BCUT2D eigenvalue weighted by Crippen LogP contribution is -2.06. The molecule has 1 N–H and O–H groups in total. The average molecular weight is 363 g/mol. The molecule has 0 fully saturated rings. The summed E-state index contributed by atoms with van der Waals surface area (Å²) < 4.78 is 43.1. The molecule has 136 valence electrons. The summed E-state index contributed by atoms with van der Waals surface area (Å²) in [7, 11) is 0. The van der Waals surface area contributed by atoms with Gasteiger partial charge in [-0.1, -0.05) is 12.1 Å². The zero-order valence-electron chi connectivity index (χ0n) is 13.9. The fourth-order valence-corrected chi connectivity index (χ4v) is 2.51. The van der Waals surface area contributed by atoms with E-state index in [1.54, 1.807) is 6.92 Å². The molecule has 26 heavy (non-hydrogen) atoms. The zero-order chi connectivity index (χ0) is 19.3. The summed E-state index contributed by atoms with van der Waals surface area (Å²) in [5, 5.41) is 18.5. The first-order valence-electron chi connectivity index (χ1n) is 7.85. The highest BCUT2D eigenvalue weighted by Gasteiger charge is 2.29. The van der Waals surface area contributed by atoms with Gasteiger partial charge in [-0.25, -0.2) is 4.79 Å². The topological polar surface area (TPSA) is 70.3 Å². The predicted molar refractivity (Wildman–Crippen MR) is 88.1 cm³/mol. The van der Waals surface area contributed by atoms with Crippen molar-refractivity contribution in [3.63, 3.8) is 0 Å². The Morgan fingerprint density at radius 1 is 1.19 bits per heavy atom. The molecule has 2 aromatic carbocycles. The maximum absolute atomic E-state index is 12.6. The van der Waals surface area contributed by atoms with Crippen molar-refractivity contribution < 1.29 is 27.8 Å². The van der Waals surface area contributed by atoms with E-state index in [1.165, 1.54) is 24.3 Å². The molecule has 0 saturated heterocycles. The second-order valence-electron chi connectivity index (χ2n) is 5.55. The molecule has 0 bridgehead atoms. The maximum Gasteiger partial charge on any atom is 0.416 e. The molecule has 0 amide bonds. The molecule has 0 heterocycles. The Bertz CT molecular complexity index is 837. The molecular weight excluding hydrogens is 347 g/mol. The Balaban J connectivity index is 2.24. The monoisotopic (exact) mass is 363 g/mol. The summed E-state index contributed by atoms with van der Waals surface area (Å²) in [5.74, 6) is -1.03. The molecule has 0 radical (unpaired) electrons. The van der Waals surface area contributed by atoms with Crippen LogP contribution in [0.25, 0.3) is 0 Å². The predicted octanol–water partition coefficient (Wildman–Crippen LogP) is 4.46. The van der Waals surface area contributed by atoms with Crippen LogP contribution in [-0.4, -0.2) is 17.7 Å². The molecule has 0 spiro atoms. The van der Waals surface area contributed by atoms with Gasteiger partial charge in [0.15, 0.2) is 0 Å². The summed E-state index contributed by atoms with van der Waals surface area (Å²) in [6.45, 7) is 1.98. The number of hydrogen-bond donors (Lipinski definition) is 1. The zero-order valence-corrected chi connectivity index (χ0v) is 13.9. The number of ether oxygens (including phenoxy) is 1. The third-order valence-corrected chi connectivity index (χ3v) is 3.82. The molecule has 0 aliphatic rings. The van der Waals surface area contributed by atoms with Gasteiger partial charge in [0.1, 0.15) is 11.3 Å². The Kier molecular flexibility index (Phi) is 5.88. The van der Waals surface area contributed by atoms with E-state index in [2.05, 4.69) is 0 Å². The number of carbonyl (C=O) groups is 1. The number of carboxylic acid groups (broad SMARTS) is 1. The summed E-state index contributed by atoms with van der Waals surface area (Å²) in [6.07, 6.45) is -3.61. The molecule has 0 atom stereocenters. The smallest absolute Gasteiger partial charge is 0.416 e. The number of nitriles is 1. The molecule has 0 unspecified atom stereocenters. The summed E-state index contributed by atoms with van der Waals surface area (Å²) >= 11 is 0. The van der Waals surface area contributed by atoms with Crippen LogP contribution in [-0.2, 0) is 19.0 Å². The van der Waals surface area contributed by atoms with E-state index < -0.39 is 17.7 Å². The summed E-state index contributed by atoms with van der Waals surface area (Å²) in [6, 6.07) is 9.54. The van der Waals surface area contributed by atoms with Crippen LogP contribution in [0, 0.1) is 11.3 Å². The van der Waals surface area contributed by atoms with Crippen molar-refractivity contribution in [3.8, 4) is 11.8 Å². The molecule has 2 rings (SSSR count). The van der Waals surface area contributed by atoms with Gasteiger partial charge in [0.25, 0.3) is 0 Å². The Morgan fingerprint density at radius 2 is 1.85 bits per heavy atom. The van der Waals surface area contributed by atoms with Crippen molar-refractivity contribution >= 4 is 5.97 Å². The second-order valence-corrected chi connectivity index (χ2v) is 5.55. The van der Waals surface area contributed by atoms with Gasteiger partial charge in [-0.15, -0.1) is 0 Å². The largest absolute Gasteiger partial charge is 0.493 e.